The molecule has 0 saturated heterocycles. The van der Waals surface area contributed by atoms with Crippen molar-refractivity contribution in [3.63, 3.8) is 0 Å². The number of benzene rings is 1. The van der Waals surface area contributed by atoms with E-state index in [0.717, 1.165) is 12.1 Å². The minimum Gasteiger partial charge on any atom is -0.457 e. The van der Waals surface area contributed by atoms with Gasteiger partial charge in [-0.3, -0.25) is 4.79 Å². The van der Waals surface area contributed by atoms with E-state index in [9.17, 15) is 10.1 Å². The summed E-state index contributed by atoms with van der Waals surface area (Å²) in [6.07, 6.45) is 1.47. The predicted molar refractivity (Wildman–Crippen MR) is 93.2 cm³/mol. The molecule has 0 saturated carbocycles. The number of carbonyl (C=O) groups excluding carboxylic acids is 1. The second-order valence-corrected chi connectivity index (χ2v) is 5.95. The van der Waals surface area contributed by atoms with Crippen LogP contribution in [-0.2, 0) is 4.79 Å². The van der Waals surface area contributed by atoms with Gasteiger partial charge in [0, 0.05) is 11.6 Å². The number of nitriles is 1. The average Bonchev–Trinajstić information content (AvgIpc) is 3.01. The van der Waals surface area contributed by atoms with Crippen LogP contribution in [0.1, 0.15) is 11.3 Å². The minimum atomic E-state index is -0.382. The zero-order valence-corrected chi connectivity index (χ0v) is 14.2. The zero-order valence-electron chi connectivity index (χ0n) is 14.2. The number of nitrogens with zero attached hydrogens (tertiary/aromatic N) is 1. The standard InChI is InChI=1S/C19H21N3O2/c1-14-4-6-15(7-5-14)18-9-8-17(24-18)12-16(13-20)19(23)21-10-11-22(2)3/h4-9,12H,10-11H2,1-3H3,(H,21,23)/p+1/b16-12-. The maximum Gasteiger partial charge on any atom is 0.262 e. The summed E-state index contributed by atoms with van der Waals surface area (Å²) in [6.45, 7) is 3.34. The zero-order chi connectivity index (χ0) is 17.5. The fourth-order valence-electron chi connectivity index (χ4n) is 2.12. The van der Waals surface area contributed by atoms with E-state index < -0.39 is 0 Å². The molecular weight excluding hydrogens is 302 g/mol. The van der Waals surface area contributed by atoms with E-state index in [1.807, 2.05) is 57.4 Å². The SMILES string of the molecule is Cc1ccc(-c2ccc(/C=C(/C#N)C(=O)NCC[NH+](C)C)o2)cc1. The largest absolute Gasteiger partial charge is 0.457 e. The lowest BCUT2D eigenvalue weighted by atomic mass is 10.1. The molecule has 0 radical (unpaired) electrons. The van der Waals surface area contributed by atoms with Gasteiger partial charge in [0.2, 0.25) is 0 Å². The lowest BCUT2D eigenvalue weighted by Crippen LogP contribution is -3.06. The van der Waals surface area contributed by atoms with Crippen LogP contribution >= 0.6 is 0 Å². The molecule has 2 N–H and O–H groups in total. The summed E-state index contributed by atoms with van der Waals surface area (Å²) < 4.78 is 5.72. The van der Waals surface area contributed by atoms with Crippen LogP contribution in [-0.4, -0.2) is 33.1 Å². The van der Waals surface area contributed by atoms with Crippen molar-refractivity contribution in [2.24, 2.45) is 0 Å². The highest BCUT2D eigenvalue weighted by molar-refractivity contribution is 6.01. The molecule has 2 rings (SSSR count). The summed E-state index contributed by atoms with van der Waals surface area (Å²) in [5.41, 5.74) is 2.17. The lowest BCUT2D eigenvalue weighted by Gasteiger charge is -2.07. The molecule has 24 heavy (non-hydrogen) atoms. The first-order chi connectivity index (χ1) is 11.5. The Bertz CT molecular complexity index is 765. The summed E-state index contributed by atoms with van der Waals surface area (Å²) in [5.74, 6) is 0.803. The lowest BCUT2D eigenvalue weighted by molar-refractivity contribution is -0.856. The number of hydrogen-bond acceptors (Lipinski definition) is 3. The first kappa shape index (κ1) is 17.5. The number of carbonyl (C=O) groups is 1. The van der Waals surface area contributed by atoms with Crippen molar-refractivity contribution in [3.8, 4) is 17.4 Å². The summed E-state index contributed by atoms with van der Waals surface area (Å²) >= 11 is 0. The Morgan fingerprint density at radius 1 is 1.25 bits per heavy atom. The van der Waals surface area contributed by atoms with E-state index in [0.29, 0.717) is 18.1 Å². The molecule has 0 aliphatic carbocycles. The van der Waals surface area contributed by atoms with Gasteiger partial charge in [0.15, 0.2) is 0 Å². The molecule has 124 valence electrons. The van der Waals surface area contributed by atoms with E-state index >= 15 is 0 Å². The van der Waals surface area contributed by atoms with Crippen molar-refractivity contribution in [2.75, 3.05) is 27.2 Å². The molecule has 0 fully saturated rings. The highest BCUT2D eigenvalue weighted by atomic mass is 16.3. The van der Waals surface area contributed by atoms with E-state index in [-0.39, 0.29) is 11.5 Å². The molecule has 0 aliphatic heterocycles. The molecule has 1 aromatic carbocycles. The van der Waals surface area contributed by atoms with Crippen molar-refractivity contribution < 1.29 is 14.1 Å². The molecule has 1 amide bonds. The number of amides is 1. The van der Waals surface area contributed by atoms with Crippen LogP contribution in [0.3, 0.4) is 0 Å². The van der Waals surface area contributed by atoms with Gasteiger partial charge < -0.3 is 14.6 Å². The van der Waals surface area contributed by atoms with Crippen LogP contribution in [0.2, 0.25) is 0 Å². The van der Waals surface area contributed by atoms with Gasteiger partial charge in [-0.25, -0.2) is 0 Å². The van der Waals surface area contributed by atoms with Crippen LogP contribution in [0.25, 0.3) is 17.4 Å². The molecule has 0 aliphatic rings. The van der Waals surface area contributed by atoms with Crippen LogP contribution in [0.5, 0.6) is 0 Å². The summed E-state index contributed by atoms with van der Waals surface area (Å²) in [5, 5.41) is 11.9. The molecule has 5 heteroatoms. The van der Waals surface area contributed by atoms with Gasteiger partial charge in [-0.15, -0.1) is 0 Å². The molecule has 5 nitrogen and oxygen atoms in total. The van der Waals surface area contributed by atoms with Crippen LogP contribution < -0.4 is 10.2 Å². The van der Waals surface area contributed by atoms with Crippen molar-refractivity contribution >= 4 is 12.0 Å². The molecule has 0 bridgehead atoms. The minimum absolute atomic E-state index is 0.0357. The third kappa shape index (κ3) is 4.83. The van der Waals surface area contributed by atoms with Crippen molar-refractivity contribution in [2.45, 2.75) is 6.92 Å². The summed E-state index contributed by atoms with van der Waals surface area (Å²) in [4.78, 5) is 13.2. The Balaban J connectivity index is 2.10. The molecule has 0 atom stereocenters. The van der Waals surface area contributed by atoms with E-state index in [1.54, 1.807) is 6.07 Å². The number of nitrogens with one attached hydrogen (secondary N) is 2. The fourth-order valence-corrected chi connectivity index (χ4v) is 2.12. The highest BCUT2D eigenvalue weighted by Gasteiger charge is 2.11. The molecule has 0 spiro atoms. The third-order valence-electron chi connectivity index (χ3n) is 3.53. The van der Waals surface area contributed by atoms with Gasteiger partial charge in [-0.1, -0.05) is 29.8 Å². The number of furan rings is 1. The van der Waals surface area contributed by atoms with E-state index in [2.05, 4.69) is 5.32 Å². The molecule has 1 aromatic heterocycles. The molecule has 2 aromatic rings. The number of likely N-dealkylation sites (N-methyl/N-ethyl adjacent to an activating group) is 1. The van der Waals surface area contributed by atoms with Gasteiger partial charge in [-0.2, -0.15) is 5.26 Å². The summed E-state index contributed by atoms with van der Waals surface area (Å²) in [7, 11) is 4.01. The maximum absolute atomic E-state index is 12.0. The van der Waals surface area contributed by atoms with Crippen molar-refractivity contribution in [1.82, 2.24) is 5.32 Å². The molecular formula is C19H22N3O2+. The van der Waals surface area contributed by atoms with Crippen LogP contribution in [0.15, 0.2) is 46.4 Å². The Hall–Kier alpha value is -2.84. The van der Waals surface area contributed by atoms with E-state index in [1.165, 1.54) is 16.5 Å². The molecule has 1 heterocycles. The van der Waals surface area contributed by atoms with Crippen LogP contribution in [0, 0.1) is 18.3 Å². The van der Waals surface area contributed by atoms with Crippen LogP contribution in [0.4, 0.5) is 0 Å². The first-order valence-electron chi connectivity index (χ1n) is 7.85. The van der Waals surface area contributed by atoms with Gasteiger partial charge in [-0.05, 0) is 19.1 Å². The Morgan fingerprint density at radius 3 is 2.58 bits per heavy atom. The first-order valence-corrected chi connectivity index (χ1v) is 7.85. The van der Waals surface area contributed by atoms with Gasteiger partial charge in [0.25, 0.3) is 5.91 Å². The number of rotatable bonds is 6. The number of hydrogen-bond donors (Lipinski definition) is 2. The smallest absolute Gasteiger partial charge is 0.262 e. The topological polar surface area (TPSA) is 70.5 Å². The van der Waals surface area contributed by atoms with Gasteiger partial charge >= 0.3 is 0 Å². The number of aryl methyl sites for hydroxylation is 1. The van der Waals surface area contributed by atoms with Crippen molar-refractivity contribution in [3.05, 3.63) is 53.3 Å². The van der Waals surface area contributed by atoms with Gasteiger partial charge in [0.1, 0.15) is 23.2 Å². The third-order valence-corrected chi connectivity index (χ3v) is 3.53. The Morgan fingerprint density at radius 2 is 1.96 bits per heavy atom. The fraction of sp³-hybridized carbons (Fsp3) is 0.263. The predicted octanol–water partition coefficient (Wildman–Crippen LogP) is 1.42. The quantitative estimate of drug-likeness (QED) is 0.624. The summed E-state index contributed by atoms with van der Waals surface area (Å²) in [6, 6.07) is 13.5. The normalized spacial score (nSPS) is 11.4. The highest BCUT2D eigenvalue weighted by Crippen LogP contribution is 2.23. The average molecular weight is 324 g/mol. The van der Waals surface area contributed by atoms with Crippen molar-refractivity contribution in [1.29, 1.82) is 5.26 Å². The Kier molecular flexibility index (Phi) is 5.94. The Labute approximate surface area is 142 Å². The monoisotopic (exact) mass is 324 g/mol. The van der Waals surface area contributed by atoms with Gasteiger partial charge in [0.05, 0.1) is 27.2 Å². The van der Waals surface area contributed by atoms with E-state index in [4.69, 9.17) is 4.42 Å². The second kappa shape index (κ2) is 8.14. The maximum atomic E-state index is 12.0. The number of quaternary nitrogens is 1. The second-order valence-electron chi connectivity index (χ2n) is 5.95. The molecule has 0 unspecified atom stereocenters.